The third-order valence-corrected chi connectivity index (χ3v) is 6.35. The van der Waals surface area contributed by atoms with Gasteiger partial charge >= 0.3 is 12.1 Å². The Morgan fingerprint density at radius 2 is 1.81 bits per heavy atom. The van der Waals surface area contributed by atoms with Gasteiger partial charge in [-0.15, -0.1) is 11.8 Å². The molecular weight excluding hydrogens is 451 g/mol. The molecule has 4 nitrogen and oxygen atoms in total. The molecule has 0 aliphatic carbocycles. The first kappa shape index (κ1) is 23.5. The zero-order valence-corrected chi connectivity index (χ0v) is 18.4. The van der Waals surface area contributed by atoms with E-state index in [1.807, 2.05) is 13.8 Å². The Balaban J connectivity index is 1.94. The molecule has 0 saturated carbocycles. The van der Waals surface area contributed by atoms with Crippen molar-refractivity contribution in [3.05, 3.63) is 70.2 Å². The normalized spacial score (nSPS) is 19.0. The van der Waals surface area contributed by atoms with E-state index in [2.05, 4.69) is 0 Å². The minimum atomic E-state index is -4.51. The number of halogens is 4. The first-order chi connectivity index (χ1) is 14.6. The summed E-state index contributed by atoms with van der Waals surface area (Å²) in [4.78, 5) is 27.4. The van der Waals surface area contributed by atoms with Gasteiger partial charge in [0.2, 0.25) is 0 Å². The zero-order valence-electron chi connectivity index (χ0n) is 16.9. The lowest BCUT2D eigenvalue weighted by Gasteiger charge is -2.29. The van der Waals surface area contributed by atoms with Crippen LogP contribution in [0.4, 0.5) is 13.2 Å². The molecular formula is C22H21ClF3NO3S. The van der Waals surface area contributed by atoms with E-state index in [-0.39, 0.29) is 18.1 Å². The van der Waals surface area contributed by atoms with Crippen LogP contribution in [0.1, 0.15) is 40.7 Å². The van der Waals surface area contributed by atoms with Crippen LogP contribution >= 0.6 is 23.4 Å². The van der Waals surface area contributed by atoms with E-state index in [9.17, 15) is 22.8 Å². The summed E-state index contributed by atoms with van der Waals surface area (Å²) in [6, 6.07) is 10.0. The second kappa shape index (κ2) is 9.53. The fourth-order valence-corrected chi connectivity index (χ4v) is 4.90. The monoisotopic (exact) mass is 471 g/mol. The van der Waals surface area contributed by atoms with Gasteiger partial charge in [0.05, 0.1) is 12.2 Å². The minimum Gasteiger partial charge on any atom is -0.464 e. The second-order valence-electron chi connectivity index (χ2n) is 7.53. The maximum absolute atomic E-state index is 13.3. The molecule has 3 rings (SSSR count). The number of thioether (sulfide) groups is 1. The number of hydrogen-bond acceptors (Lipinski definition) is 4. The summed E-state index contributed by atoms with van der Waals surface area (Å²) < 4.78 is 44.0. The van der Waals surface area contributed by atoms with Crippen LogP contribution < -0.4 is 0 Å². The number of amides is 1. The average molecular weight is 472 g/mol. The maximum atomic E-state index is 13.3. The van der Waals surface area contributed by atoms with Crippen molar-refractivity contribution in [3.63, 3.8) is 0 Å². The van der Waals surface area contributed by atoms with E-state index in [1.54, 1.807) is 24.3 Å². The predicted molar refractivity (Wildman–Crippen MR) is 114 cm³/mol. The van der Waals surface area contributed by atoms with E-state index in [0.717, 1.165) is 24.3 Å². The fraction of sp³-hybridized carbons (Fsp3) is 0.364. The molecule has 1 fully saturated rings. The van der Waals surface area contributed by atoms with Gasteiger partial charge in [0.1, 0.15) is 11.4 Å². The molecule has 2 atom stereocenters. The Morgan fingerprint density at radius 1 is 1.16 bits per heavy atom. The molecule has 1 aliphatic heterocycles. The van der Waals surface area contributed by atoms with Crippen LogP contribution in [-0.4, -0.2) is 35.2 Å². The van der Waals surface area contributed by atoms with Crippen molar-refractivity contribution in [2.45, 2.75) is 31.4 Å². The third-order valence-electron chi connectivity index (χ3n) is 4.70. The van der Waals surface area contributed by atoms with Gasteiger partial charge in [0.25, 0.3) is 5.91 Å². The minimum absolute atomic E-state index is 0.0502. The number of alkyl halides is 3. The van der Waals surface area contributed by atoms with E-state index in [4.69, 9.17) is 16.3 Å². The lowest BCUT2D eigenvalue weighted by atomic mass is 10.1. The van der Waals surface area contributed by atoms with Crippen LogP contribution in [-0.2, 0) is 15.7 Å². The molecule has 31 heavy (non-hydrogen) atoms. The van der Waals surface area contributed by atoms with Gasteiger partial charge in [-0.05, 0) is 36.2 Å². The van der Waals surface area contributed by atoms with E-state index in [1.165, 1.54) is 16.7 Å². The molecule has 1 aliphatic rings. The summed E-state index contributed by atoms with van der Waals surface area (Å²) in [5.74, 6) is -0.693. The highest BCUT2D eigenvalue weighted by atomic mass is 35.5. The lowest BCUT2D eigenvalue weighted by Crippen LogP contribution is -2.44. The van der Waals surface area contributed by atoms with Crippen LogP contribution in [0.5, 0.6) is 0 Å². The molecule has 0 bridgehead atoms. The molecule has 9 heteroatoms. The Labute approximate surface area is 187 Å². The van der Waals surface area contributed by atoms with Gasteiger partial charge in [0.15, 0.2) is 0 Å². The maximum Gasteiger partial charge on any atom is 0.416 e. The highest BCUT2D eigenvalue weighted by Gasteiger charge is 2.44. The van der Waals surface area contributed by atoms with Crippen LogP contribution in [0.25, 0.3) is 0 Å². The van der Waals surface area contributed by atoms with E-state index >= 15 is 0 Å². The number of ether oxygens (including phenoxy) is 1. The molecule has 1 saturated heterocycles. The summed E-state index contributed by atoms with van der Waals surface area (Å²) in [6.07, 6.45) is -4.51. The highest BCUT2D eigenvalue weighted by molar-refractivity contribution is 7.99. The number of benzene rings is 2. The Morgan fingerprint density at radius 3 is 2.39 bits per heavy atom. The van der Waals surface area contributed by atoms with Gasteiger partial charge in [0, 0.05) is 21.9 Å². The molecule has 166 valence electrons. The number of rotatable bonds is 5. The molecule has 0 radical (unpaired) electrons. The van der Waals surface area contributed by atoms with E-state index < -0.39 is 35.0 Å². The molecule has 2 unspecified atom stereocenters. The molecule has 1 heterocycles. The van der Waals surface area contributed by atoms with Gasteiger partial charge in [-0.1, -0.05) is 43.6 Å². The molecule has 0 spiro atoms. The number of esters is 1. The van der Waals surface area contributed by atoms with Gasteiger partial charge in [-0.2, -0.15) is 13.2 Å². The second-order valence-corrected chi connectivity index (χ2v) is 9.05. The topological polar surface area (TPSA) is 46.6 Å². The lowest BCUT2D eigenvalue weighted by molar-refractivity contribution is -0.149. The van der Waals surface area contributed by atoms with Crippen molar-refractivity contribution < 1.29 is 27.5 Å². The van der Waals surface area contributed by atoms with E-state index in [0.29, 0.717) is 16.3 Å². The summed E-state index contributed by atoms with van der Waals surface area (Å²) >= 11 is 7.69. The quantitative estimate of drug-likeness (QED) is 0.516. The molecule has 0 N–H and O–H groups in total. The fourth-order valence-electron chi connectivity index (χ4n) is 3.15. The molecule has 1 amide bonds. The third kappa shape index (κ3) is 5.36. The summed E-state index contributed by atoms with van der Waals surface area (Å²) in [7, 11) is 0. The van der Waals surface area contributed by atoms with Crippen molar-refractivity contribution in [1.82, 2.24) is 4.90 Å². The van der Waals surface area contributed by atoms with Crippen molar-refractivity contribution in [3.8, 4) is 0 Å². The van der Waals surface area contributed by atoms with Crippen LogP contribution in [0, 0.1) is 5.92 Å². The summed E-state index contributed by atoms with van der Waals surface area (Å²) in [5, 5.41) is -0.137. The number of hydrogen-bond donors (Lipinski definition) is 0. The van der Waals surface area contributed by atoms with Crippen molar-refractivity contribution in [1.29, 1.82) is 0 Å². The molecule has 0 aromatic heterocycles. The molecule has 2 aromatic carbocycles. The molecule has 2 aromatic rings. The first-order valence-electron chi connectivity index (χ1n) is 9.62. The number of nitrogens with zero attached hydrogens (tertiary/aromatic N) is 1. The van der Waals surface area contributed by atoms with Gasteiger partial charge < -0.3 is 9.64 Å². The predicted octanol–water partition coefficient (Wildman–Crippen LogP) is 5.81. The number of carbonyl (C=O) groups excluding carboxylic acids is 2. The first-order valence-corrected chi connectivity index (χ1v) is 11.0. The Hall–Kier alpha value is -2.19. The average Bonchev–Trinajstić information content (AvgIpc) is 3.16. The standard InChI is InChI=1S/C22H21ClF3NO3S/c1-13(2)11-30-21(29)18-12-31-20(16-5-3-4-6-17(16)23)27(18)19(28)14-7-9-15(10-8-14)22(24,25)26/h3-10,13,18,20H,11-12H2,1-2H3. The zero-order chi connectivity index (χ0) is 22.8. The highest BCUT2D eigenvalue weighted by Crippen LogP contribution is 2.45. The smallest absolute Gasteiger partial charge is 0.416 e. The summed E-state index contributed by atoms with van der Waals surface area (Å²) in [6.45, 7) is 4.00. The van der Waals surface area contributed by atoms with Crippen LogP contribution in [0.15, 0.2) is 48.5 Å². The van der Waals surface area contributed by atoms with Crippen molar-refractivity contribution in [2.75, 3.05) is 12.4 Å². The van der Waals surface area contributed by atoms with Crippen LogP contribution in [0.2, 0.25) is 5.02 Å². The Bertz CT molecular complexity index is 950. The SMILES string of the molecule is CC(C)COC(=O)C1CSC(c2ccccc2Cl)N1C(=O)c1ccc(C(F)(F)F)cc1. The summed E-state index contributed by atoms with van der Waals surface area (Å²) in [5.41, 5.74) is -0.154. The van der Waals surface area contributed by atoms with Gasteiger partial charge in [-0.3, -0.25) is 4.79 Å². The Kier molecular flexibility index (Phi) is 7.21. The van der Waals surface area contributed by atoms with Crippen molar-refractivity contribution >= 4 is 35.2 Å². The van der Waals surface area contributed by atoms with Gasteiger partial charge in [-0.25, -0.2) is 4.79 Å². The van der Waals surface area contributed by atoms with Crippen LogP contribution in [0.3, 0.4) is 0 Å². The largest absolute Gasteiger partial charge is 0.464 e. The van der Waals surface area contributed by atoms with Crippen molar-refractivity contribution in [2.24, 2.45) is 5.92 Å². The number of carbonyl (C=O) groups is 2.